The fraction of sp³-hybridized carbons (Fsp3) is 0.286. The van der Waals surface area contributed by atoms with Crippen LogP contribution in [0.25, 0.3) is 0 Å². The summed E-state index contributed by atoms with van der Waals surface area (Å²) < 4.78 is 10.4. The largest absolute Gasteiger partial charge is 0.491 e. The smallest absolute Gasteiger partial charge is 0.119 e. The number of benzene rings is 1. The average molecular weight is 298 g/mol. The topological polar surface area (TPSA) is 30.5 Å². The van der Waals surface area contributed by atoms with Gasteiger partial charge in [0.05, 0.1) is 11.6 Å². The standard InChI is InChI=1S/C14H16ClNO2S/c1-17-6-7-18-13-4-2-12(3-5-13)16-9-14-8-11(15)10-19-14/h2-5,8,10,16H,6-7,9H2,1H3. The van der Waals surface area contributed by atoms with E-state index in [1.54, 1.807) is 18.4 Å². The van der Waals surface area contributed by atoms with Crippen molar-refractivity contribution in [3.05, 3.63) is 45.6 Å². The van der Waals surface area contributed by atoms with Gasteiger partial charge in [-0.3, -0.25) is 0 Å². The van der Waals surface area contributed by atoms with Crippen LogP contribution in [0.3, 0.4) is 0 Å². The van der Waals surface area contributed by atoms with Crippen LogP contribution in [-0.4, -0.2) is 20.3 Å². The molecular formula is C14H16ClNO2S. The number of thiophene rings is 1. The molecule has 0 spiro atoms. The second-order valence-electron chi connectivity index (χ2n) is 3.95. The summed E-state index contributed by atoms with van der Waals surface area (Å²) in [5, 5.41) is 6.07. The van der Waals surface area contributed by atoms with Gasteiger partial charge in [-0.2, -0.15) is 0 Å². The highest BCUT2D eigenvalue weighted by molar-refractivity contribution is 7.10. The Hall–Kier alpha value is -1.23. The van der Waals surface area contributed by atoms with E-state index in [2.05, 4.69) is 5.32 Å². The van der Waals surface area contributed by atoms with Crippen LogP contribution >= 0.6 is 22.9 Å². The van der Waals surface area contributed by atoms with Crippen LogP contribution < -0.4 is 10.1 Å². The molecule has 0 saturated carbocycles. The molecule has 0 fully saturated rings. The Labute approximate surface area is 122 Å². The number of ether oxygens (including phenoxy) is 2. The number of hydrogen-bond donors (Lipinski definition) is 1. The Balaban J connectivity index is 1.81. The van der Waals surface area contributed by atoms with E-state index in [1.165, 1.54) is 4.88 Å². The lowest BCUT2D eigenvalue weighted by Crippen LogP contribution is -2.04. The number of methoxy groups -OCH3 is 1. The van der Waals surface area contributed by atoms with Crippen molar-refractivity contribution < 1.29 is 9.47 Å². The van der Waals surface area contributed by atoms with E-state index in [0.717, 1.165) is 23.0 Å². The molecule has 0 radical (unpaired) electrons. The summed E-state index contributed by atoms with van der Waals surface area (Å²) >= 11 is 7.53. The normalized spacial score (nSPS) is 10.4. The second kappa shape index (κ2) is 7.38. The molecule has 2 rings (SSSR count). The third kappa shape index (κ3) is 4.74. The van der Waals surface area contributed by atoms with E-state index in [0.29, 0.717) is 13.2 Å². The van der Waals surface area contributed by atoms with E-state index < -0.39 is 0 Å². The predicted octanol–water partition coefficient (Wildman–Crippen LogP) is 4.04. The highest BCUT2D eigenvalue weighted by Crippen LogP contribution is 2.21. The summed E-state index contributed by atoms with van der Waals surface area (Å²) in [6.45, 7) is 1.94. The molecule has 1 heterocycles. The fourth-order valence-electron chi connectivity index (χ4n) is 1.55. The third-order valence-corrected chi connectivity index (χ3v) is 3.78. The molecule has 1 aromatic heterocycles. The Kier molecular flexibility index (Phi) is 5.51. The van der Waals surface area contributed by atoms with Crippen LogP contribution in [-0.2, 0) is 11.3 Å². The third-order valence-electron chi connectivity index (χ3n) is 2.50. The van der Waals surface area contributed by atoms with Crippen LogP contribution in [0.2, 0.25) is 5.02 Å². The zero-order valence-corrected chi connectivity index (χ0v) is 12.3. The van der Waals surface area contributed by atoms with Gasteiger partial charge in [0.15, 0.2) is 0 Å². The number of anilines is 1. The second-order valence-corrected chi connectivity index (χ2v) is 5.38. The summed E-state index contributed by atoms with van der Waals surface area (Å²) in [6, 6.07) is 9.86. The van der Waals surface area contributed by atoms with E-state index in [1.807, 2.05) is 35.7 Å². The van der Waals surface area contributed by atoms with Gasteiger partial charge in [-0.25, -0.2) is 0 Å². The van der Waals surface area contributed by atoms with Crippen molar-refractivity contribution >= 4 is 28.6 Å². The Morgan fingerprint density at radius 1 is 1.21 bits per heavy atom. The van der Waals surface area contributed by atoms with Crippen LogP contribution in [0.1, 0.15) is 4.88 Å². The number of nitrogens with one attached hydrogen (secondary N) is 1. The van der Waals surface area contributed by atoms with E-state index >= 15 is 0 Å². The molecule has 0 bridgehead atoms. The van der Waals surface area contributed by atoms with E-state index in [9.17, 15) is 0 Å². The lowest BCUT2D eigenvalue weighted by molar-refractivity contribution is 0.146. The van der Waals surface area contributed by atoms with Gasteiger partial charge < -0.3 is 14.8 Å². The van der Waals surface area contributed by atoms with Gasteiger partial charge in [-0.15, -0.1) is 11.3 Å². The molecule has 0 atom stereocenters. The zero-order valence-electron chi connectivity index (χ0n) is 10.7. The lowest BCUT2D eigenvalue weighted by Gasteiger charge is -2.08. The molecule has 19 heavy (non-hydrogen) atoms. The predicted molar refractivity (Wildman–Crippen MR) is 80.5 cm³/mol. The maximum atomic E-state index is 5.88. The van der Waals surface area contributed by atoms with Gasteiger partial charge in [0.2, 0.25) is 0 Å². The van der Waals surface area contributed by atoms with Gasteiger partial charge in [0.1, 0.15) is 12.4 Å². The number of halogens is 1. The fourth-order valence-corrected chi connectivity index (χ4v) is 2.56. The Morgan fingerprint density at radius 2 is 2.00 bits per heavy atom. The van der Waals surface area contributed by atoms with Crippen LogP contribution in [0.15, 0.2) is 35.7 Å². The van der Waals surface area contributed by atoms with Gasteiger partial charge in [0.25, 0.3) is 0 Å². The van der Waals surface area contributed by atoms with Crippen molar-refractivity contribution in [2.24, 2.45) is 0 Å². The van der Waals surface area contributed by atoms with E-state index in [4.69, 9.17) is 21.1 Å². The van der Waals surface area contributed by atoms with Crippen molar-refractivity contribution in [3.8, 4) is 5.75 Å². The summed E-state index contributed by atoms with van der Waals surface area (Å²) in [4.78, 5) is 1.21. The minimum atomic E-state index is 0.566. The summed E-state index contributed by atoms with van der Waals surface area (Å²) in [5.41, 5.74) is 1.06. The molecule has 0 unspecified atom stereocenters. The molecule has 3 nitrogen and oxygen atoms in total. The first kappa shape index (κ1) is 14.2. The maximum Gasteiger partial charge on any atom is 0.119 e. The molecule has 2 aromatic rings. The minimum Gasteiger partial charge on any atom is -0.491 e. The molecule has 0 aliphatic carbocycles. The molecule has 1 N–H and O–H groups in total. The SMILES string of the molecule is COCCOc1ccc(NCc2cc(Cl)cs2)cc1. The summed E-state index contributed by atoms with van der Waals surface area (Å²) in [7, 11) is 1.66. The molecule has 5 heteroatoms. The average Bonchev–Trinajstić information content (AvgIpc) is 2.84. The highest BCUT2D eigenvalue weighted by atomic mass is 35.5. The number of rotatable bonds is 7. The van der Waals surface area contributed by atoms with Crippen LogP contribution in [0.5, 0.6) is 5.75 Å². The van der Waals surface area contributed by atoms with Gasteiger partial charge in [-0.05, 0) is 30.3 Å². The molecule has 102 valence electrons. The van der Waals surface area contributed by atoms with Gasteiger partial charge in [0, 0.05) is 29.6 Å². The Bertz CT molecular complexity index is 498. The van der Waals surface area contributed by atoms with Crippen LogP contribution in [0.4, 0.5) is 5.69 Å². The number of hydrogen-bond acceptors (Lipinski definition) is 4. The van der Waals surface area contributed by atoms with Gasteiger partial charge in [-0.1, -0.05) is 11.6 Å². The molecule has 0 saturated heterocycles. The molecular weight excluding hydrogens is 282 g/mol. The van der Waals surface area contributed by atoms with Crippen LogP contribution in [0, 0.1) is 0 Å². The summed E-state index contributed by atoms with van der Waals surface area (Å²) in [5.74, 6) is 0.849. The van der Waals surface area contributed by atoms with Crippen molar-refractivity contribution in [1.82, 2.24) is 0 Å². The van der Waals surface area contributed by atoms with Crippen molar-refractivity contribution in [2.75, 3.05) is 25.6 Å². The first-order valence-electron chi connectivity index (χ1n) is 5.96. The van der Waals surface area contributed by atoms with Crippen molar-refractivity contribution in [1.29, 1.82) is 0 Å². The monoisotopic (exact) mass is 297 g/mol. The molecule has 0 aliphatic heterocycles. The van der Waals surface area contributed by atoms with Gasteiger partial charge >= 0.3 is 0 Å². The van der Waals surface area contributed by atoms with Crippen molar-refractivity contribution in [3.63, 3.8) is 0 Å². The molecule has 0 aliphatic rings. The first-order chi connectivity index (χ1) is 9.28. The lowest BCUT2D eigenvalue weighted by atomic mass is 10.3. The Morgan fingerprint density at radius 3 is 2.63 bits per heavy atom. The van der Waals surface area contributed by atoms with Crippen molar-refractivity contribution in [2.45, 2.75) is 6.54 Å². The first-order valence-corrected chi connectivity index (χ1v) is 7.22. The highest BCUT2D eigenvalue weighted by Gasteiger charge is 1.99. The quantitative estimate of drug-likeness (QED) is 0.783. The van der Waals surface area contributed by atoms with E-state index in [-0.39, 0.29) is 0 Å². The molecule has 0 amide bonds. The summed E-state index contributed by atoms with van der Waals surface area (Å²) in [6.07, 6.45) is 0. The maximum absolute atomic E-state index is 5.88. The zero-order chi connectivity index (χ0) is 13.5. The molecule has 1 aromatic carbocycles. The minimum absolute atomic E-state index is 0.566.